The van der Waals surface area contributed by atoms with E-state index in [1.54, 1.807) is 0 Å². The van der Waals surface area contributed by atoms with Gasteiger partial charge < -0.3 is 0 Å². The number of hydrogen-bond donors (Lipinski definition) is 0. The van der Waals surface area contributed by atoms with Crippen molar-refractivity contribution in [2.24, 2.45) is 0 Å². The fraction of sp³-hybridized carbons (Fsp3) is 0.0769. The van der Waals surface area contributed by atoms with Gasteiger partial charge in [0.05, 0.1) is 15.1 Å². The van der Waals surface area contributed by atoms with Crippen LogP contribution in [0.5, 0.6) is 0 Å². The van der Waals surface area contributed by atoms with Crippen molar-refractivity contribution in [2.75, 3.05) is 0 Å². The quantitative estimate of drug-likeness (QED) is 0.849. The molecule has 2 aromatic rings. The van der Waals surface area contributed by atoms with Gasteiger partial charge in [-0.3, -0.25) is 0 Å². The van der Waals surface area contributed by atoms with Crippen LogP contribution in [0.3, 0.4) is 0 Å². The Bertz CT molecular complexity index is 714. The molecule has 0 amide bonds. The summed E-state index contributed by atoms with van der Waals surface area (Å²) in [6, 6.07) is 8.90. The van der Waals surface area contributed by atoms with Gasteiger partial charge in [0.1, 0.15) is 11.6 Å². The first-order valence-corrected chi connectivity index (χ1v) is 7.76. The van der Waals surface area contributed by atoms with Crippen LogP contribution in [0.2, 0.25) is 0 Å². The predicted octanol–water partition coefficient (Wildman–Crippen LogP) is 3.70. The van der Waals surface area contributed by atoms with Crippen molar-refractivity contribution < 1.29 is 17.2 Å². The highest BCUT2D eigenvalue weighted by atomic mass is 79.9. The first-order valence-electron chi connectivity index (χ1n) is 5.31. The molecule has 2 aromatic carbocycles. The summed E-state index contributed by atoms with van der Waals surface area (Å²) in [6.07, 6.45) is 0. The lowest BCUT2D eigenvalue weighted by Crippen LogP contribution is -2.06. The zero-order valence-electron chi connectivity index (χ0n) is 9.61. The molecule has 0 radical (unpaired) electrons. The highest BCUT2D eigenvalue weighted by Gasteiger charge is 2.18. The summed E-state index contributed by atoms with van der Waals surface area (Å²) in [4.78, 5) is -0.122. The summed E-state index contributed by atoms with van der Waals surface area (Å²) in [6.45, 7) is 0. The molecule has 0 unspecified atom stereocenters. The van der Waals surface area contributed by atoms with Crippen LogP contribution in [0.15, 0.2) is 51.8 Å². The van der Waals surface area contributed by atoms with Gasteiger partial charge in [-0.15, -0.1) is 0 Å². The minimum atomic E-state index is -3.71. The van der Waals surface area contributed by atoms with Gasteiger partial charge in [0.25, 0.3) is 0 Å². The molecule has 0 aromatic heterocycles. The second-order valence-corrected chi connectivity index (χ2v) is 6.71. The first kappa shape index (κ1) is 14.1. The van der Waals surface area contributed by atoms with E-state index in [0.29, 0.717) is 5.56 Å². The third kappa shape index (κ3) is 3.19. The Balaban J connectivity index is 2.39. The van der Waals surface area contributed by atoms with Crippen molar-refractivity contribution in [1.29, 1.82) is 0 Å². The van der Waals surface area contributed by atoms with E-state index in [9.17, 15) is 17.2 Å². The van der Waals surface area contributed by atoms with Crippen LogP contribution in [0.1, 0.15) is 5.56 Å². The van der Waals surface area contributed by atoms with Crippen molar-refractivity contribution in [3.63, 3.8) is 0 Å². The van der Waals surface area contributed by atoms with Gasteiger partial charge in [0, 0.05) is 0 Å². The van der Waals surface area contributed by atoms with E-state index in [1.165, 1.54) is 30.3 Å². The summed E-state index contributed by atoms with van der Waals surface area (Å²) < 4.78 is 50.7. The van der Waals surface area contributed by atoms with Gasteiger partial charge in [-0.1, -0.05) is 18.2 Å². The summed E-state index contributed by atoms with van der Waals surface area (Å²) in [7, 11) is -3.71. The number of rotatable bonds is 3. The standard InChI is InChI=1S/C13H9BrF2O2S/c14-13-9(3-1-6-12(13)16)8-19(17,18)11-5-2-4-10(15)7-11/h1-7H,8H2. The lowest BCUT2D eigenvalue weighted by molar-refractivity contribution is 0.589. The molecular weight excluding hydrogens is 338 g/mol. The Kier molecular flexibility index (Phi) is 4.01. The molecule has 0 aliphatic carbocycles. The molecule has 100 valence electrons. The Hall–Kier alpha value is -1.27. The molecular formula is C13H9BrF2O2S. The largest absolute Gasteiger partial charge is 0.223 e. The lowest BCUT2D eigenvalue weighted by Gasteiger charge is -2.07. The van der Waals surface area contributed by atoms with Gasteiger partial charge in [-0.25, -0.2) is 17.2 Å². The summed E-state index contributed by atoms with van der Waals surface area (Å²) in [5.74, 6) is -1.55. The number of hydrogen-bond acceptors (Lipinski definition) is 2. The lowest BCUT2D eigenvalue weighted by atomic mass is 10.2. The van der Waals surface area contributed by atoms with Crippen LogP contribution in [-0.4, -0.2) is 8.42 Å². The van der Waals surface area contributed by atoms with Gasteiger partial charge in [0.15, 0.2) is 9.84 Å². The van der Waals surface area contributed by atoms with Gasteiger partial charge in [-0.05, 0) is 45.8 Å². The zero-order chi connectivity index (χ0) is 14.0. The molecule has 0 bridgehead atoms. The minimum Gasteiger partial charge on any atom is -0.223 e. The molecule has 0 spiro atoms. The summed E-state index contributed by atoms with van der Waals surface area (Å²) in [5.41, 5.74) is 0.296. The highest BCUT2D eigenvalue weighted by molar-refractivity contribution is 9.10. The van der Waals surface area contributed by atoms with Crippen LogP contribution in [-0.2, 0) is 15.6 Å². The Morgan fingerprint density at radius 2 is 1.74 bits per heavy atom. The highest BCUT2D eigenvalue weighted by Crippen LogP contribution is 2.25. The average molecular weight is 347 g/mol. The average Bonchev–Trinajstić information content (AvgIpc) is 2.35. The maximum absolute atomic E-state index is 13.3. The van der Waals surface area contributed by atoms with Crippen molar-refractivity contribution >= 4 is 25.8 Å². The summed E-state index contributed by atoms with van der Waals surface area (Å²) in [5, 5.41) is 0. The fourth-order valence-electron chi connectivity index (χ4n) is 1.61. The maximum Gasteiger partial charge on any atom is 0.182 e. The second-order valence-electron chi connectivity index (χ2n) is 3.93. The molecule has 0 heterocycles. The predicted molar refractivity (Wildman–Crippen MR) is 71.4 cm³/mol. The van der Waals surface area contributed by atoms with Gasteiger partial charge in [0.2, 0.25) is 0 Å². The smallest absolute Gasteiger partial charge is 0.182 e. The Labute approximate surface area is 118 Å². The van der Waals surface area contributed by atoms with Crippen LogP contribution < -0.4 is 0 Å². The first-order chi connectivity index (χ1) is 8.90. The second kappa shape index (κ2) is 5.38. The molecule has 6 heteroatoms. The molecule has 0 fully saturated rings. The topological polar surface area (TPSA) is 34.1 Å². The third-order valence-electron chi connectivity index (χ3n) is 2.53. The van der Waals surface area contributed by atoms with Crippen molar-refractivity contribution in [1.82, 2.24) is 0 Å². The molecule has 0 saturated heterocycles. The molecule has 2 nitrogen and oxygen atoms in total. The minimum absolute atomic E-state index is 0.106. The van der Waals surface area contributed by atoms with Gasteiger partial charge in [-0.2, -0.15) is 0 Å². The van der Waals surface area contributed by atoms with Crippen LogP contribution in [0.25, 0.3) is 0 Å². The van der Waals surface area contributed by atoms with Crippen LogP contribution in [0, 0.1) is 11.6 Å². The molecule has 0 N–H and O–H groups in total. The van der Waals surface area contributed by atoms with E-state index in [0.717, 1.165) is 12.1 Å². The molecule has 0 aliphatic heterocycles. The summed E-state index contributed by atoms with van der Waals surface area (Å²) >= 11 is 3.01. The van der Waals surface area contributed by atoms with Gasteiger partial charge >= 0.3 is 0 Å². The van der Waals surface area contributed by atoms with E-state index < -0.39 is 27.2 Å². The fourth-order valence-corrected chi connectivity index (χ4v) is 3.59. The number of sulfone groups is 1. The van der Waals surface area contributed by atoms with E-state index in [1.807, 2.05) is 0 Å². The molecule has 0 aliphatic rings. The monoisotopic (exact) mass is 346 g/mol. The number of benzene rings is 2. The maximum atomic E-state index is 13.3. The van der Waals surface area contributed by atoms with Crippen LogP contribution in [0.4, 0.5) is 8.78 Å². The molecule has 19 heavy (non-hydrogen) atoms. The van der Waals surface area contributed by atoms with E-state index in [4.69, 9.17) is 0 Å². The molecule has 0 saturated carbocycles. The zero-order valence-corrected chi connectivity index (χ0v) is 12.0. The van der Waals surface area contributed by atoms with E-state index in [-0.39, 0.29) is 9.37 Å². The van der Waals surface area contributed by atoms with Crippen molar-refractivity contribution in [2.45, 2.75) is 10.6 Å². The van der Waals surface area contributed by atoms with Crippen LogP contribution >= 0.6 is 15.9 Å². The van der Waals surface area contributed by atoms with Crippen molar-refractivity contribution in [3.8, 4) is 0 Å². The molecule has 2 rings (SSSR count). The Morgan fingerprint density at radius 1 is 1.05 bits per heavy atom. The van der Waals surface area contributed by atoms with Crippen molar-refractivity contribution in [3.05, 3.63) is 64.1 Å². The number of halogens is 3. The molecule has 0 atom stereocenters. The third-order valence-corrected chi connectivity index (χ3v) is 5.08. The normalized spacial score (nSPS) is 11.5. The van der Waals surface area contributed by atoms with E-state index >= 15 is 0 Å². The Morgan fingerprint density at radius 3 is 2.42 bits per heavy atom. The SMILES string of the molecule is O=S(=O)(Cc1cccc(F)c1Br)c1cccc(F)c1. The van der Waals surface area contributed by atoms with E-state index in [2.05, 4.69) is 15.9 Å².